The first-order valence-corrected chi connectivity index (χ1v) is 14.8. The Morgan fingerprint density at radius 1 is 1.00 bits per heavy atom. The maximum absolute atomic E-state index is 15.1. The molecule has 1 atom stereocenters. The minimum absolute atomic E-state index is 0.0393. The van der Waals surface area contributed by atoms with Crippen molar-refractivity contribution in [3.8, 4) is 5.75 Å². The lowest BCUT2D eigenvalue weighted by Gasteiger charge is -2.48. The van der Waals surface area contributed by atoms with Gasteiger partial charge in [0.05, 0.1) is 12.8 Å². The van der Waals surface area contributed by atoms with E-state index in [2.05, 4.69) is 48.2 Å². The number of carbonyl (C=O) groups is 1. The van der Waals surface area contributed by atoms with Gasteiger partial charge in [-0.2, -0.15) is 4.98 Å². The van der Waals surface area contributed by atoms with E-state index in [1.807, 2.05) is 46.2 Å². The maximum Gasteiger partial charge on any atom is 0.253 e. The van der Waals surface area contributed by atoms with Crippen LogP contribution in [0.1, 0.15) is 62.4 Å². The lowest BCUT2D eigenvalue weighted by molar-refractivity contribution is 0.0465. The van der Waals surface area contributed by atoms with Crippen molar-refractivity contribution >= 4 is 23.4 Å². The smallest absolute Gasteiger partial charge is 0.253 e. The number of rotatable bonds is 8. The quantitative estimate of drug-likeness (QED) is 0.320. The average Bonchev–Trinajstić information content (AvgIpc) is 2.98. The first-order valence-electron chi connectivity index (χ1n) is 14.8. The van der Waals surface area contributed by atoms with E-state index in [-0.39, 0.29) is 16.7 Å². The maximum atomic E-state index is 15.1. The van der Waals surface area contributed by atoms with Gasteiger partial charge in [0.25, 0.3) is 5.91 Å². The van der Waals surface area contributed by atoms with Gasteiger partial charge >= 0.3 is 0 Å². The summed E-state index contributed by atoms with van der Waals surface area (Å²) in [5.41, 5.74) is 2.65. The molecule has 1 amide bonds. The zero-order chi connectivity index (χ0) is 29.7. The molecule has 5 rings (SSSR count). The van der Waals surface area contributed by atoms with Crippen LogP contribution >= 0.6 is 0 Å². The SMILES string of the molecule is COCCOc1ccc(Nc2ncc(F)c(N3CCCC4(CCCN(C(=O)c5ccc(C(C)(C)C)cc5)C4)C3)n2)cc1. The number of carbonyl (C=O) groups excluding carboxylic acids is 1. The largest absolute Gasteiger partial charge is 0.491 e. The monoisotopic (exact) mass is 575 g/mol. The van der Waals surface area contributed by atoms with Crippen LogP contribution < -0.4 is 15.0 Å². The first-order chi connectivity index (χ1) is 20.2. The van der Waals surface area contributed by atoms with Crippen LogP contribution in [0.2, 0.25) is 0 Å². The Bertz CT molecular complexity index is 1360. The summed E-state index contributed by atoms with van der Waals surface area (Å²) < 4.78 is 25.7. The van der Waals surface area contributed by atoms with Crippen LogP contribution in [-0.2, 0) is 10.2 Å². The summed E-state index contributed by atoms with van der Waals surface area (Å²) in [6.07, 6.45) is 5.09. The van der Waals surface area contributed by atoms with Crippen molar-refractivity contribution in [3.05, 3.63) is 71.7 Å². The normalized spacial score (nSPS) is 19.2. The standard InChI is InChI=1S/C33H42FN5O3/c1-32(2,3)25-9-7-24(8-10-25)30(40)39-18-6-16-33(23-39)15-5-17-38(22-33)29-28(34)21-35-31(37-29)36-26-11-13-27(14-12-26)42-20-19-41-4/h7-14,21H,5-6,15-20,22-23H2,1-4H3,(H,35,36,37). The molecule has 1 spiro atoms. The van der Waals surface area contributed by atoms with Gasteiger partial charge < -0.3 is 24.6 Å². The van der Waals surface area contributed by atoms with Crippen LogP contribution in [0.3, 0.4) is 0 Å². The van der Waals surface area contributed by atoms with E-state index in [1.165, 1.54) is 11.8 Å². The molecule has 2 fully saturated rings. The van der Waals surface area contributed by atoms with Crippen LogP contribution in [0.4, 0.5) is 21.8 Å². The Labute approximate surface area is 248 Å². The molecular formula is C33H42FN5O3. The van der Waals surface area contributed by atoms with Gasteiger partial charge in [0.2, 0.25) is 5.95 Å². The number of piperidine rings is 2. The molecule has 0 aliphatic carbocycles. The molecule has 2 aromatic carbocycles. The minimum atomic E-state index is -0.442. The summed E-state index contributed by atoms with van der Waals surface area (Å²) >= 11 is 0. The van der Waals surface area contributed by atoms with E-state index < -0.39 is 5.82 Å². The number of aromatic nitrogens is 2. The number of nitrogens with zero attached hydrogens (tertiary/aromatic N) is 4. The van der Waals surface area contributed by atoms with Crippen LogP contribution in [0, 0.1) is 11.2 Å². The van der Waals surface area contributed by atoms with E-state index in [4.69, 9.17) is 9.47 Å². The third kappa shape index (κ3) is 7.01. The Morgan fingerprint density at radius 3 is 2.40 bits per heavy atom. The highest BCUT2D eigenvalue weighted by atomic mass is 19.1. The van der Waals surface area contributed by atoms with Crippen molar-refractivity contribution in [1.29, 1.82) is 0 Å². The third-order valence-corrected chi connectivity index (χ3v) is 8.30. The zero-order valence-corrected chi connectivity index (χ0v) is 25.2. The fraction of sp³-hybridized carbons (Fsp3) is 0.485. The summed E-state index contributed by atoms with van der Waals surface area (Å²) in [5, 5.41) is 3.18. The zero-order valence-electron chi connectivity index (χ0n) is 25.2. The van der Waals surface area contributed by atoms with Gasteiger partial charge in [-0.15, -0.1) is 0 Å². The molecule has 1 aromatic heterocycles. The van der Waals surface area contributed by atoms with Crippen LogP contribution in [0.15, 0.2) is 54.7 Å². The Morgan fingerprint density at radius 2 is 1.71 bits per heavy atom. The van der Waals surface area contributed by atoms with Gasteiger partial charge in [-0.05, 0) is 73.1 Å². The molecule has 2 saturated heterocycles. The molecule has 2 aliphatic heterocycles. The highest BCUT2D eigenvalue weighted by molar-refractivity contribution is 5.94. The van der Waals surface area contributed by atoms with E-state index in [1.54, 1.807) is 7.11 Å². The number of hydrogen-bond acceptors (Lipinski definition) is 7. The van der Waals surface area contributed by atoms with Crippen molar-refractivity contribution in [3.63, 3.8) is 0 Å². The molecule has 0 saturated carbocycles. The lowest BCUT2D eigenvalue weighted by atomic mass is 9.73. The predicted octanol–water partition coefficient (Wildman–Crippen LogP) is 6.20. The highest BCUT2D eigenvalue weighted by Crippen LogP contribution is 2.40. The second-order valence-corrected chi connectivity index (χ2v) is 12.5. The fourth-order valence-electron chi connectivity index (χ4n) is 6.05. The van der Waals surface area contributed by atoms with E-state index >= 15 is 4.39 Å². The second kappa shape index (κ2) is 12.7. The van der Waals surface area contributed by atoms with Gasteiger partial charge in [0, 0.05) is 50.0 Å². The lowest BCUT2D eigenvalue weighted by Crippen LogP contribution is -2.54. The number of halogens is 1. The molecule has 224 valence electrons. The topological polar surface area (TPSA) is 79.8 Å². The van der Waals surface area contributed by atoms with E-state index in [0.29, 0.717) is 44.6 Å². The van der Waals surface area contributed by atoms with Gasteiger partial charge in [0.1, 0.15) is 12.4 Å². The molecule has 9 heteroatoms. The van der Waals surface area contributed by atoms with Crippen LogP contribution in [0.5, 0.6) is 5.75 Å². The van der Waals surface area contributed by atoms with Gasteiger partial charge in [-0.3, -0.25) is 4.79 Å². The minimum Gasteiger partial charge on any atom is -0.491 e. The van der Waals surface area contributed by atoms with E-state index in [0.717, 1.165) is 49.2 Å². The molecule has 1 N–H and O–H groups in total. The van der Waals surface area contributed by atoms with Crippen molar-refractivity contribution in [2.45, 2.75) is 51.9 Å². The second-order valence-electron chi connectivity index (χ2n) is 12.5. The van der Waals surface area contributed by atoms with Gasteiger partial charge in [0.15, 0.2) is 11.6 Å². The molecular weight excluding hydrogens is 533 g/mol. The fourth-order valence-corrected chi connectivity index (χ4v) is 6.05. The molecule has 0 radical (unpaired) electrons. The third-order valence-electron chi connectivity index (χ3n) is 8.30. The summed E-state index contributed by atoms with van der Waals surface area (Å²) in [4.78, 5) is 26.3. The molecule has 1 unspecified atom stereocenters. The number of methoxy groups -OCH3 is 1. The number of ether oxygens (including phenoxy) is 2. The number of hydrogen-bond donors (Lipinski definition) is 1. The highest BCUT2D eigenvalue weighted by Gasteiger charge is 2.41. The van der Waals surface area contributed by atoms with Crippen molar-refractivity contribution < 1.29 is 18.7 Å². The molecule has 3 heterocycles. The Hall–Kier alpha value is -3.72. The Kier molecular flexibility index (Phi) is 8.96. The van der Waals surface area contributed by atoms with E-state index in [9.17, 15) is 4.79 Å². The van der Waals surface area contributed by atoms with Crippen LogP contribution in [0.25, 0.3) is 0 Å². The number of amides is 1. The molecule has 42 heavy (non-hydrogen) atoms. The summed E-state index contributed by atoms with van der Waals surface area (Å²) in [5.74, 6) is 0.994. The van der Waals surface area contributed by atoms with Crippen molar-refractivity contribution in [1.82, 2.24) is 14.9 Å². The molecule has 8 nitrogen and oxygen atoms in total. The summed E-state index contributed by atoms with van der Waals surface area (Å²) in [7, 11) is 1.63. The van der Waals surface area contributed by atoms with Gasteiger partial charge in [-0.25, -0.2) is 9.37 Å². The van der Waals surface area contributed by atoms with Crippen LogP contribution in [-0.4, -0.2) is 67.3 Å². The molecule has 3 aromatic rings. The summed E-state index contributed by atoms with van der Waals surface area (Å²) in [6.45, 7) is 10.3. The van der Waals surface area contributed by atoms with Gasteiger partial charge in [-0.1, -0.05) is 32.9 Å². The number of likely N-dealkylation sites (tertiary alicyclic amines) is 1. The predicted molar refractivity (Wildman–Crippen MR) is 163 cm³/mol. The molecule has 2 aliphatic rings. The summed E-state index contributed by atoms with van der Waals surface area (Å²) in [6, 6.07) is 15.5. The molecule has 0 bridgehead atoms. The average molecular weight is 576 g/mol. The number of nitrogens with one attached hydrogen (secondary N) is 1. The van der Waals surface area contributed by atoms with Crippen molar-refractivity contribution in [2.24, 2.45) is 5.41 Å². The number of benzene rings is 2. The first kappa shape index (κ1) is 29.8. The number of anilines is 3. The van der Waals surface area contributed by atoms with Crippen molar-refractivity contribution in [2.75, 3.05) is 56.7 Å². The Balaban J connectivity index is 1.26.